The molecule has 0 radical (unpaired) electrons. The highest BCUT2D eigenvalue weighted by Gasteiger charge is 2.49. The first kappa shape index (κ1) is 18.8. The van der Waals surface area contributed by atoms with Crippen LogP contribution in [0.5, 0.6) is 5.75 Å². The van der Waals surface area contributed by atoms with Crippen molar-refractivity contribution >= 4 is 5.91 Å². The number of likely N-dealkylation sites (tertiary alicyclic amines) is 1. The van der Waals surface area contributed by atoms with E-state index in [0.717, 1.165) is 43.3 Å². The molecule has 2 aliphatic heterocycles. The van der Waals surface area contributed by atoms with Crippen molar-refractivity contribution in [1.29, 1.82) is 0 Å². The van der Waals surface area contributed by atoms with Crippen LogP contribution in [0.15, 0.2) is 24.3 Å². The average Bonchev–Trinajstić information content (AvgIpc) is 3.19. The lowest BCUT2D eigenvalue weighted by atomic mass is 9.84. The third kappa shape index (κ3) is 4.46. The van der Waals surface area contributed by atoms with Crippen LogP contribution in [0.25, 0.3) is 0 Å². The Hall–Kier alpha value is -1.59. The van der Waals surface area contributed by atoms with Gasteiger partial charge in [0.05, 0.1) is 32.7 Å². The van der Waals surface area contributed by atoms with E-state index >= 15 is 0 Å². The van der Waals surface area contributed by atoms with E-state index in [1.807, 2.05) is 29.2 Å². The van der Waals surface area contributed by atoms with Crippen molar-refractivity contribution in [2.45, 2.75) is 56.7 Å². The lowest BCUT2D eigenvalue weighted by Gasteiger charge is -2.53. The lowest BCUT2D eigenvalue weighted by Crippen LogP contribution is -2.67. The third-order valence-electron chi connectivity index (χ3n) is 6.32. The van der Waals surface area contributed by atoms with Crippen LogP contribution in [-0.2, 0) is 20.7 Å². The molecule has 0 bridgehead atoms. The van der Waals surface area contributed by atoms with Crippen molar-refractivity contribution in [3.05, 3.63) is 29.8 Å². The zero-order chi connectivity index (χ0) is 18.7. The Bertz CT molecular complexity index is 632. The van der Waals surface area contributed by atoms with Gasteiger partial charge in [0.1, 0.15) is 11.4 Å². The second-order valence-corrected chi connectivity index (χ2v) is 8.40. The van der Waals surface area contributed by atoms with Crippen LogP contribution in [0.1, 0.15) is 44.1 Å². The van der Waals surface area contributed by atoms with Gasteiger partial charge in [-0.2, -0.15) is 0 Å². The first-order valence-corrected chi connectivity index (χ1v) is 10.3. The van der Waals surface area contributed by atoms with E-state index in [1.165, 1.54) is 25.7 Å². The zero-order valence-electron chi connectivity index (χ0n) is 16.3. The number of carbonyl (C=O) groups excluding carboxylic acids is 1. The summed E-state index contributed by atoms with van der Waals surface area (Å²) in [5.74, 6) is 1.74. The van der Waals surface area contributed by atoms with Crippen LogP contribution in [-0.4, -0.2) is 55.9 Å². The van der Waals surface area contributed by atoms with Crippen LogP contribution in [0, 0.1) is 5.92 Å². The molecule has 1 aromatic rings. The fourth-order valence-electron chi connectivity index (χ4n) is 4.65. The molecular weight excluding hydrogens is 342 g/mol. The van der Waals surface area contributed by atoms with Crippen LogP contribution in [0.2, 0.25) is 0 Å². The summed E-state index contributed by atoms with van der Waals surface area (Å²) in [6.07, 6.45) is 7.98. The number of methoxy groups -OCH3 is 1. The summed E-state index contributed by atoms with van der Waals surface area (Å²) in [6, 6.07) is 7.71. The second-order valence-electron chi connectivity index (χ2n) is 8.40. The molecule has 1 amide bonds. The molecule has 5 heteroatoms. The number of hydrogen-bond donors (Lipinski definition) is 0. The van der Waals surface area contributed by atoms with E-state index in [9.17, 15) is 4.79 Å². The first-order chi connectivity index (χ1) is 13.2. The number of amides is 1. The molecule has 2 heterocycles. The van der Waals surface area contributed by atoms with Gasteiger partial charge in [-0.1, -0.05) is 25.0 Å². The van der Waals surface area contributed by atoms with Crippen molar-refractivity contribution in [3.63, 3.8) is 0 Å². The highest BCUT2D eigenvalue weighted by Crippen LogP contribution is 2.36. The molecule has 0 aromatic heterocycles. The summed E-state index contributed by atoms with van der Waals surface area (Å²) in [6.45, 7) is 3.05. The third-order valence-corrected chi connectivity index (χ3v) is 6.32. The predicted octanol–water partition coefficient (Wildman–Crippen LogP) is 3.20. The minimum absolute atomic E-state index is 0.170. The summed E-state index contributed by atoms with van der Waals surface area (Å²) in [7, 11) is 1.65. The summed E-state index contributed by atoms with van der Waals surface area (Å²) in [5, 5.41) is 0. The Labute approximate surface area is 162 Å². The largest absolute Gasteiger partial charge is 0.497 e. The molecular formula is C22H31NO4. The van der Waals surface area contributed by atoms with Gasteiger partial charge in [-0.05, 0) is 42.9 Å². The molecule has 4 rings (SSSR count). The summed E-state index contributed by atoms with van der Waals surface area (Å²) < 4.78 is 17.5. The lowest BCUT2D eigenvalue weighted by molar-refractivity contribution is -0.202. The highest BCUT2D eigenvalue weighted by atomic mass is 16.5. The maximum absolute atomic E-state index is 12.6. The van der Waals surface area contributed by atoms with Gasteiger partial charge >= 0.3 is 0 Å². The topological polar surface area (TPSA) is 48.0 Å². The monoisotopic (exact) mass is 373 g/mol. The Kier molecular flexibility index (Phi) is 5.69. The van der Waals surface area contributed by atoms with Gasteiger partial charge in [-0.15, -0.1) is 0 Å². The van der Waals surface area contributed by atoms with Gasteiger partial charge in [0, 0.05) is 19.6 Å². The van der Waals surface area contributed by atoms with Crippen molar-refractivity contribution in [2.75, 3.05) is 33.4 Å². The Balaban J connectivity index is 1.23. The van der Waals surface area contributed by atoms with Gasteiger partial charge < -0.3 is 19.1 Å². The molecule has 5 nitrogen and oxygen atoms in total. The average molecular weight is 373 g/mol. The smallest absolute Gasteiger partial charge is 0.227 e. The quantitative estimate of drug-likeness (QED) is 0.768. The Morgan fingerprint density at radius 3 is 2.63 bits per heavy atom. The molecule has 0 unspecified atom stereocenters. The first-order valence-electron chi connectivity index (χ1n) is 10.3. The zero-order valence-corrected chi connectivity index (χ0v) is 16.3. The Morgan fingerprint density at radius 1 is 1.19 bits per heavy atom. The maximum Gasteiger partial charge on any atom is 0.227 e. The van der Waals surface area contributed by atoms with Crippen LogP contribution >= 0.6 is 0 Å². The predicted molar refractivity (Wildman–Crippen MR) is 103 cm³/mol. The minimum Gasteiger partial charge on any atom is -0.497 e. The fourth-order valence-corrected chi connectivity index (χ4v) is 4.65. The van der Waals surface area contributed by atoms with E-state index in [4.69, 9.17) is 14.2 Å². The van der Waals surface area contributed by atoms with E-state index in [-0.39, 0.29) is 17.6 Å². The highest BCUT2D eigenvalue weighted by molar-refractivity contribution is 5.80. The van der Waals surface area contributed by atoms with Crippen molar-refractivity contribution in [1.82, 2.24) is 4.90 Å². The number of nitrogens with zero attached hydrogens (tertiary/aromatic N) is 1. The van der Waals surface area contributed by atoms with E-state index < -0.39 is 0 Å². The molecule has 1 aromatic carbocycles. The molecule has 148 valence electrons. The van der Waals surface area contributed by atoms with Gasteiger partial charge in [-0.3, -0.25) is 4.79 Å². The van der Waals surface area contributed by atoms with Crippen molar-refractivity contribution < 1.29 is 19.0 Å². The SMILES string of the molecule is COc1ccc(CC(=O)N2CC3(C[C@H](OCC4CCCC4)CCO3)C2)cc1. The number of benzene rings is 1. The van der Waals surface area contributed by atoms with Crippen molar-refractivity contribution in [2.24, 2.45) is 5.92 Å². The van der Waals surface area contributed by atoms with Crippen molar-refractivity contribution in [3.8, 4) is 5.75 Å². The molecule has 1 aliphatic carbocycles. The van der Waals surface area contributed by atoms with E-state index in [2.05, 4.69) is 0 Å². The molecule has 1 atom stereocenters. The van der Waals surface area contributed by atoms with E-state index in [0.29, 0.717) is 19.5 Å². The minimum atomic E-state index is -0.172. The van der Waals surface area contributed by atoms with Crippen LogP contribution in [0.4, 0.5) is 0 Å². The number of rotatable bonds is 6. The molecule has 1 spiro atoms. The molecule has 3 aliphatic rings. The molecule has 2 saturated heterocycles. The normalized spacial score (nSPS) is 24.8. The fraction of sp³-hybridized carbons (Fsp3) is 0.682. The number of hydrogen-bond acceptors (Lipinski definition) is 4. The Morgan fingerprint density at radius 2 is 1.93 bits per heavy atom. The maximum atomic E-state index is 12.6. The van der Waals surface area contributed by atoms with Gasteiger partial charge in [0.2, 0.25) is 5.91 Å². The van der Waals surface area contributed by atoms with Crippen LogP contribution in [0.3, 0.4) is 0 Å². The molecule has 3 fully saturated rings. The van der Waals surface area contributed by atoms with Crippen LogP contribution < -0.4 is 4.74 Å². The van der Waals surface area contributed by atoms with Gasteiger partial charge in [0.15, 0.2) is 0 Å². The molecule has 1 saturated carbocycles. The second kappa shape index (κ2) is 8.19. The standard InChI is InChI=1S/C22H31NO4/c1-25-19-8-6-17(7-9-19)12-21(24)23-15-22(16-23)13-20(10-11-27-22)26-14-18-4-2-3-5-18/h6-9,18,20H,2-5,10-16H2,1H3/t20-/m1/s1. The van der Waals surface area contributed by atoms with E-state index in [1.54, 1.807) is 7.11 Å². The molecule has 27 heavy (non-hydrogen) atoms. The number of carbonyl (C=O) groups is 1. The summed E-state index contributed by atoms with van der Waals surface area (Å²) >= 11 is 0. The summed E-state index contributed by atoms with van der Waals surface area (Å²) in [5.41, 5.74) is 0.845. The van der Waals surface area contributed by atoms with Gasteiger partial charge in [0.25, 0.3) is 0 Å². The number of ether oxygens (including phenoxy) is 3. The van der Waals surface area contributed by atoms with Gasteiger partial charge in [-0.25, -0.2) is 0 Å². The summed E-state index contributed by atoms with van der Waals surface area (Å²) in [4.78, 5) is 14.5. The molecule has 0 N–H and O–H groups in total.